The first kappa shape index (κ1) is 17.7. The van der Waals surface area contributed by atoms with Gasteiger partial charge in [0, 0.05) is 18.2 Å². The number of hydrogen-bond donors (Lipinski definition) is 1. The molecule has 7 nitrogen and oxygen atoms in total. The Hall–Kier alpha value is -1.75. The molecule has 1 N–H and O–H groups in total. The Kier molecular flexibility index (Phi) is 5.63. The lowest BCUT2D eigenvalue weighted by Crippen LogP contribution is -2.18. The van der Waals surface area contributed by atoms with Crippen LogP contribution < -0.4 is 5.32 Å². The molecule has 4 heterocycles. The Morgan fingerprint density at radius 1 is 1.38 bits per heavy atom. The minimum absolute atomic E-state index is 0.103. The quantitative estimate of drug-likeness (QED) is 0.605. The monoisotopic (exact) mass is 407 g/mol. The number of thiophene rings is 1. The molecule has 10 heteroatoms. The van der Waals surface area contributed by atoms with Gasteiger partial charge in [0.2, 0.25) is 5.91 Å². The predicted molar refractivity (Wildman–Crippen MR) is 104 cm³/mol. The largest absolute Gasteiger partial charge is 0.376 e. The average Bonchev–Trinajstić information content (AvgIpc) is 3.42. The topological polar surface area (TPSA) is 81.9 Å². The fraction of sp³-hybridized carbons (Fsp3) is 0.375. The van der Waals surface area contributed by atoms with Crippen LogP contribution in [0.5, 0.6) is 0 Å². The predicted octanol–water partition coefficient (Wildman–Crippen LogP) is 3.37. The highest BCUT2D eigenvalue weighted by atomic mass is 32.2. The van der Waals surface area contributed by atoms with Crippen molar-refractivity contribution in [2.45, 2.75) is 30.6 Å². The van der Waals surface area contributed by atoms with Gasteiger partial charge >= 0.3 is 0 Å². The smallest absolute Gasteiger partial charge is 0.236 e. The second kappa shape index (κ2) is 8.30. The summed E-state index contributed by atoms with van der Waals surface area (Å²) in [5.74, 6) is 0.987. The Morgan fingerprint density at radius 2 is 2.35 bits per heavy atom. The maximum Gasteiger partial charge on any atom is 0.236 e. The van der Waals surface area contributed by atoms with E-state index in [0.717, 1.165) is 35.3 Å². The van der Waals surface area contributed by atoms with E-state index in [2.05, 4.69) is 25.1 Å². The molecular weight excluding hydrogens is 390 g/mol. The normalized spacial score (nSPS) is 16.8. The molecule has 1 fully saturated rings. The van der Waals surface area contributed by atoms with Crippen LogP contribution in [0.3, 0.4) is 0 Å². The average molecular weight is 408 g/mol. The lowest BCUT2D eigenvalue weighted by Gasteiger charge is -2.14. The first-order valence-electron chi connectivity index (χ1n) is 8.20. The van der Waals surface area contributed by atoms with Gasteiger partial charge in [-0.2, -0.15) is 0 Å². The van der Waals surface area contributed by atoms with Crippen molar-refractivity contribution in [2.24, 2.45) is 0 Å². The third-order valence-corrected chi connectivity index (χ3v) is 6.40. The summed E-state index contributed by atoms with van der Waals surface area (Å²) in [6, 6.07) is 4.03. The van der Waals surface area contributed by atoms with E-state index in [1.165, 1.54) is 23.1 Å². The van der Waals surface area contributed by atoms with E-state index in [1.807, 2.05) is 22.9 Å². The van der Waals surface area contributed by atoms with Gasteiger partial charge in [-0.3, -0.25) is 9.36 Å². The van der Waals surface area contributed by atoms with Gasteiger partial charge in [0.15, 0.2) is 16.1 Å². The van der Waals surface area contributed by atoms with E-state index in [-0.39, 0.29) is 17.8 Å². The number of carbonyl (C=O) groups is 1. The Labute approximate surface area is 162 Å². The van der Waals surface area contributed by atoms with E-state index in [4.69, 9.17) is 4.74 Å². The number of nitrogens with one attached hydrogen (secondary N) is 1. The zero-order chi connectivity index (χ0) is 17.8. The van der Waals surface area contributed by atoms with Crippen molar-refractivity contribution in [3.63, 3.8) is 0 Å². The molecule has 1 atom stereocenters. The first-order chi connectivity index (χ1) is 12.8. The van der Waals surface area contributed by atoms with Crippen molar-refractivity contribution in [3.8, 4) is 10.7 Å². The number of amides is 1. The van der Waals surface area contributed by atoms with Gasteiger partial charge in [-0.15, -0.1) is 32.9 Å². The van der Waals surface area contributed by atoms with Crippen LogP contribution in [0.4, 0.5) is 5.13 Å². The number of nitrogens with zero attached hydrogens (tertiary/aromatic N) is 4. The van der Waals surface area contributed by atoms with Gasteiger partial charge < -0.3 is 10.1 Å². The molecule has 3 aromatic rings. The van der Waals surface area contributed by atoms with Crippen LogP contribution in [0, 0.1) is 0 Å². The minimum Gasteiger partial charge on any atom is -0.376 e. The van der Waals surface area contributed by atoms with Crippen LogP contribution in [0.1, 0.15) is 12.8 Å². The summed E-state index contributed by atoms with van der Waals surface area (Å²) in [7, 11) is 0. The van der Waals surface area contributed by atoms with Crippen LogP contribution in [0.25, 0.3) is 10.7 Å². The summed E-state index contributed by atoms with van der Waals surface area (Å²) in [5.41, 5.74) is 0. The molecular formula is C16H17N5O2S3. The molecule has 26 heavy (non-hydrogen) atoms. The van der Waals surface area contributed by atoms with Crippen molar-refractivity contribution >= 4 is 45.5 Å². The highest BCUT2D eigenvalue weighted by molar-refractivity contribution is 7.99. The van der Waals surface area contributed by atoms with Gasteiger partial charge in [0.05, 0.1) is 23.3 Å². The van der Waals surface area contributed by atoms with E-state index in [9.17, 15) is 4.79 Å². The highest BCUT2D eigenvalue weighted by Gasteiger charge is 2.22. The van der Waals surface area contributed by atoms with E-state index < -0.39 is 0 Å². The molecule has 1 aliphatic rings. The van der Waals surface area contributed by atoms with Crippen molar-refractivity contribution in [2.75, 3.05) is 17.7 Å². The standard InChI is InChI=1S/C16H17N5O2S3/c22-13(18-15-17-5-8-25-15)10-26-16-20-19-14(12-4-2-7-24-12)21(16)9-11-3-1-6-23-11/h2,4-5,7-8,11H,1,3,6,9-10H2,(H,17,18,22). The van der Waals surface area contributed by atoms with Gasteiger partial charge in [-0.05, 0) is 24.3 Å². The number of thiazole rings is 1. The Balaban J connectivity index is 1.48. The van der Waals surface area contributed by atoms with Crippen LogP contribution in [0.15, 0.2) is 34.2 Å². The summed E-state index contributed by atoms with van der Waals surface area (Å²) in [5, 5.41) is 16.7. The molecule has 0 aromatic carbocycles. The van der Waals surface area contributed by atoms with Gasteiger partial charge in [-0.25, -0.2) is 4.98 Å². The second-order valence-corrected chi connectivity index (χ2v) is 8.49. The maximum atomic E-state index is 12.1. The number of thioether (sulfide) groups is 1. The number of hydrogen-bond acceptors (Lipinski definition) is 8. The van der Waals surface area contributed by atoms with Crippen molar-refractivity contribution in [1.29, 1.82) is 0 Å². The third-order valence-electron chi connectivity index (χ3n) is 3.88. The van der Waals surface area contributed by atoms with E-state index >= 15 is 0 Å². The maximum absolute atomic E-state index is 12.1. The van der Waals surface area contributed by atoms with Crippen LogP contribution in [-0.4, -0.2) is 44.1 Å². The number of ether oxygens (including phenoxy) is 1. The molecule has 0 saturated carbocycles. The molecule has 0 bridgehead atoms. The van der Waals surface area contributed by atoms with E-state index in [1.54, 1.807) is 17.5 Å². The van der Waals surface area contributed by atoms with Crippen LogP contribution >= 0.6 is 34.4 Å². The lowest BCUT2D eigenvalue weighted by atomic mass is 10.2. The van der Waals surface area contributed by atoms with Crippen molar-refractivity contribution in [1.82, 2.24) is 19.7 Å². The molecule has 1 aliphatic heterocycles. The van der Waals surface area contributed by atoms with Crippen LogP contribution in [-0.2, 0) is 16.1 Å². The summed E-state index contributed by atoms with van der Waals surface area (Å²) in [6.45, 7) is 1.51. The van der Waals surface area contributed by atoms with Gasteiger partial charge in [-0.1, -0.05) is 17.8 Å². The molecule has 0 radical (unpaired) electrons. The molecule has 1 amide bonds. The molecule has 1 saturated heterocycles. The summed E-state index contributed by atoms with van der Waals surface area (Å²) >= 11 is 4.41. The SMILES string of the molecule is O=C(CSc1nnc(-c2cccs2)n1CC1CCCO1)Nc1nccs1. The van der Waals surface area contributed by atoms with E-state index in [0.29, 0.717) is 11.7 Å². The Bertz CT molecular complexity index is 842. The molecule has 1 unspecified atom stereocenters. The number of aromatic nitrogens is 4. The highest BCUT2D eigenvalue weighted by Crippen LogP contribution is 2.29. The van der Waals surface area contributed by atoms with Crippen molar-refractivity contribution in [3.05, 3.63) is 29.1 Å². The zero-order valence-electron chi connectivity index (χ0n) is 13.8. The Morgan fingerprint density at radius 3 is 3.08 bits per heavy atom. The number of carbonyl (C=O) groups excluding carboxylic acids is 1. The molecule has 3 aromatic heterocycles. The van der Waals surface area contributed by atoms with Crippen LogP contribution in [0.2, 0.25) is 0 Å². The zero-order valence-corrected chi connectivity index (χ0v) is 16.3. The first-order valence-corrected chi connectivity index (χ1v) is 10.9. The van der Waals surface area contributed by atoms with Gasteiger partial charge in [0.1, 0.15) is 0 Å². The summed E-state index contributed by atoms with van der Waals surface area (Å²) in [6.07, 6.45) is 3.96. The van der Waals surface area contributed by atoms with Crippen molar-refractivity contribution < 1.29 is 9.53 Å². The summed E-state index contributed by atoms with van der Waals surface area (Å²) in [4.78, 5) is 17.3. The van der Waals surface area contributed by atoms with Gasteiger partial charge in [0.25, 0.3) is 0 Å². The fourth-order valence-corrected chi connectivity index (χ4v) is 4.72. The number of anilines is 1. The lowest BCUT2D eigenvalue weighted by molar-refractivity contribution is -0.113. The number of rotatable bonds is 7. The second-order valence-electron chi connectivity index (χ2n) is 5.70. The molecule has 0 spiro atoms. The molecule has 4 rings (SSSR count). The summed E-state index contributed by atoms with van der Waals surface area (Å²) < 4.78 is 7.85. The molecule has 136 valence electrons. The third kappa shape index (κ3) is 4.14. The molecule has 0 aliphatic carbocycles. The fourth-order valence-electron chi connectivity index (χ4n) is 2.71. The minimum atomic E-state index is -0.103.